The fraction of sp³-hybridized carbons (Fsp3) is 0.391. The highest BCUT2D eigenvalue weighted by Crippen LogP contribution is 2.37. The second kappa shape index (κ2) is 9.39. The van der Waals surface area contributed by atoms with Crippen LogP contribution in [0.3, 0.4) is 0 Å². The highest BCUT2D eigenvalue weighted by atomic mass is 32.2. The van der Waals surface area contributed by atoms with Gasteiger partial charge in [-0.15, -0.1) is 6.58 Å². The summed E-state index contributed by atoms with van der Waals surface area (Å²) in [7, 11) is -6.24. The molecule has 4 nitrogen and oxygen atoms in total. The lowest BCUT2D eigenvalue weighted by Crippen LogP contribution is -2.66. The average Bonchev–Trinajstić information content (AvgIpc) is 2.67. The molecule has 0 aliphatic carbocycles. The van der Waals surface area contributed by atoms with Crippen molar-refractivity contribution in [3.8, 4) is 0 Å². The van der Waals surface area contributed by atoms with Gasteiger partial charge in [-0.1, -0.05) is 87.5 Å². The average molecular weight is 432 g/mol. The van der Waals surface area contributed by atoms with Crippen LogP contribution in [-0.4, -0.2) is 28.6 Å². The topological polar surface area (TPSA) is 69.4 Å². The van der Waals surface area contributed by atoms with Gasteiger partial charge in [0.15, 0.2) is 0 Å². The second-order valence-corrected chi connectivity index (χ2v) is 14.9. The quantitative estimate of drug-likeness (QED) is 0.488. The van der Waals surface area contributed by atoms with Gasteiger partial charge in [-0.25, -0.2) is 13.6 Å². The van der Waals surface area contributed by atoms with Crippen molar-refractivity contribution in [3.63, 3.8) is 0 Å². The first-order valence-electron chi connectivity index (χ1n) is 9.91. The number of hydrogen-bond acceptors (Lipinski definition) is 3. The van der Waals surface area contributed by atoms with Gasteiger partial charge in [0.05, 0.1) is 5.25 Å². The Morgan fingerprint density at radius 1 is 1.03 bits per heavy atom. The summed E-state index contributed by atoms with van der Waals surface area (Å²) in [4.78, 5) is 0. The minimum Gasteiger partial charge on any atom is -0.407 e. The molecule has 0 saturated heterocycles. The summed E-state index contributed by atoms with van der Waals surface area (Å²) in [5.41, 5.74) is 0. The zero-order valence-electron chi connectivity index (χ0n) is 17.8. The van der Waals surface area contributed by atoms with Crippen molar-refractivity contribution in [1.82, 2.24) is 0 Å². The Balaban J connectivity index is 2.47. The molecule has 0 saturated carbocycles. The molecule has 0 amide bonds. The SMILES string of the molecule is C=CC(CO[Si](c1ccccc1)(c1ccccc1)C(C)(C)C)CC(C)S(N)(=O)=O. The van der Waals surface area contributed by atoms with E-state index in [2.05, 4.69) is 51.6 Å². The fourth-order valence-corrected chi connectivity index (χ4v) is 8.92. The molecular weight excluding hydrogens is 398 g/mol. The van der Waals surface area contributed by atoms with E-state index in [1.165, 1.54) is 10.4 Å². The van der Waals surface area contributed by atoms with Gasteiger partial charge in [0, 0.05) is 6.61 Å². The molecule has 2 N–H and O–H groups in total. The first-order chi connectivity index (χ1) is 13.5. The molecule has 2 rings (SSSR count). The fourth-order valence-electron chi connectivity index (χ4n) is 3.79. The van der Waals surface area contributed by atoms with E-state index in [0.717, 1.165) is 0 Å². The number of nitrogens with two attached hydrogens (primary N) is 1. The summed E-state index contributed by atoms with van der Waals surface area (Å²) in [5.74, 6) is -0.107. The molecule has 0 aliphatic heterocycles. The predicted molar refractivity (Wildman–Crippen MR) is 124 cm³/mol. The largest absolute Gasteiger partial charge is 0.407 e. The molecule has 0 aliphatic rings. The summed E-state index contributed by atoms with van der Waals surface area (Å²) < 4.78 is 30.3. The van der Waals surface area contributed by atoms with Crippen molar-refractivity contribution >= 4 is 28.7 Å². The van der Waals surface area contributed by atoms with E-state index < -0.39 is 23.6 Å². The Labute approximate surface area is 177 Å². The zero-order valence-corrected chi connectivity index (χ0v) is 19.7. The molecule has 2 aromatic rings. The Kier molecular flexibility index (Phi) is 7.62. The lowest BCUT2D eigenvalue weighted by Gasteiger charge is -2.43. The third kappa shape index (κ3) is 5.45. The molecular formula is C23H33NO3SSi. The van der Waals surface area contributed by atoms with Crippen molar-refractivity contribution in [2.75, 3.05) is 6.61 Å². The summed E-state index contributed by atoms with van der Waals surface area (Å²) in [6, 6.07) is 20.8. The maximum Gasteiger partial charge on any atom is 0.261 e. The molecule has 2 unspecified atom stereocenters. The minimum absolute atomic E-state index is 0.107. The van der Waals surface area contributed by atoms with E-state index in [1.54, 1.807) is 13.0 Å². The summed E-state index contributed by atoms with van der Waals surface area (Å²) >= 11 is 0. The Morgan fingerprint density at radius 3 is 1.83 bits per heavy atom. The van der Waals surface area contributed by atoms with Crippen LogP contribution in [0.4, 0.5) is 0 Å². The third-order valence-electron chi connectivity index (χ3n) is 5.46. The molecule has 0 spiro atoms. The smallest absolute Gasteiger partial charge is 0.261 e. The number of primary sulfonamides is 1. The van der Waals surface area contributed by atoms with Gasteiger partial charge >= 0.3 is 0 Å². The minimum atomic E-state index is -3.59. The third-order valence-corrected chi connectivity index (χ3v) is 11.8. The standard InChI is InChI=1S/C23H33NO3SSi/c1-6-20(17-19(2)28(24,25)26)18-27-29(23(3,4)5,21-13-9-7-10-14-21)22-15-11-8-12-16-22/h6-16,19-20H,1,17-18H2,2-5H3,(H2,24,25,26). The van der Waals surface area contributed by atoms with E-state index in [4.69, 9.17) is 9.56 Å². The highest BCUT2D eigenvalue weighted by molar-refractivity contribution is 7.89. The monoisotopic (exact) mass is 431 g/mol. The zero-order chi connectivity index (χ0) is 21.7. The molecule has 29 heavy (non-hydrogen) atoms. The Bertz CT molecular complexity index is 853. The first kappa shape index (κ1) is 23.5. The van der Waals surface area contributed by atoms with E-state index >= 15 is 0 Å². The summed E-state index contributed by atoms with van der Waals surface area (Å²) in [5, 5.41) is 6.93. The maximum absolute atomic E-state index is 11.7. The van der Waals surface area contributed by atoms with Crippen molar-refractivity contribution in [1.29, 1.82) is 0 Å². The number of rotatable bonds is 9. The van der Waals surface area contributed by atoms with Crippen LogP contribution >= 0.6 is 0 Å². The van der Waals surface area contributed by atoms with Crippen molar-refractivity contribution in [2.45, 2.75) is 44.4 Å². The molecule has 2 atom stereocenters. The van der Waals surface area contributed by atoms with Crippen LogP contribution < -0.4 is 15.5 Å². The number of hydrogen-bond donors (Lipinski definition) is 1. The van der Waals surface area contributed by atoms with Crippen molar-refractivity contribution in [3.05, 3.63) is 73.3 Å². The van der Waals surface area contributed by atoms with Gasteiger partial charge in [0.2, 0.25) is 10.0 Å². The normalized spacial score (nSPS) is 14.9. The van der Waals surface area contributed by atoms with E-state index in [-0.39, 0.29) is 11.0 Å². The summed E-state index contributed by atoms with van der Waals surface area (Å²) in [6.45, 7) is 12.6. The molecule has 2 aromatic carbocycles. The molecule has 0 aromatic heterocycles. The van der Waals surface area contributed by atoms with Gasteiger partial charge in [-0.05, 0) is 34.7 Å². The van der Waals surface area contributed by atoms with E-state index in [0.29, 0.717) is 13.0 Å². The van der Waals surface area contributed by atoms with Crippen molar-refractivity contribution in [2.24, 2.45) is 11.1 Å². The van der Waals surface area contributed by atoms with Crippen LogP contribution in [-0.2, 0) is 14.4 Å². The van der Waals surface area contributed by atoms with Crippen molar-refractivity contribution < 1.29 is 12.8 Å². The Hall–Kier alpha value is -1.73. The van der Waals surface area contributed by atoms with Gasteiger partial charge < -0.3 is 4.43 Å². The number of sulfonamides is 1. The molecule has 0 fully saturated rings. The predicted octanol–water partition coefficient (Wildman–Crippen LogP) is 3.43. The van der Waals surface area contributed by atoms with Gasteiger partial charge in [-0.2, -0.15) is 0 Å². The van der Waals surface area contributed by atoms with Gasteiger partial charge in [0.1, 0.15) is 0 Å². The van der Waals surface area contributed by atoms with Gasteiger partial charge in [-0.3, -0.25) is 0 Å². The highest BCUT2D eigenvalue weighted by Gasteiger charge is 2.50. The molecule has 6 heteroatoms. The lowest BCUT2D eigenvalue weighted by atomic mass is 10.1. The lowest BCUT2D eigenvalue weighted by molar-refractivity contribution is 0.253. The first-order valence-corrected chi connectivity index (χ1v) is 13.4. The molecule has 158 valence electrons. The summed E-state index contributed by atoms with van der Waals surface area (Å²) in [6.07, 6.45) is 2.17. The van der Waals surface area contributed by atoms with Crippen LogP contribution in [0.1, 0.15) is 34.1 Å². The maximum atomic E-state index is 11.7. The van der Waals surface area contributed by atoms with Crippen LogP contribution in [0.5, 0.6) is 0 Å². The van der Waals surface area contributed by atoms with Crippen LogP contribution in [0.15, 0.2) is 73.3 Å². The second-order valence-electron chi connectivity index (χ2n) is 8.61. The molecule has 0 radical (unpaired) electrons. The number of benzene rings is 2. The van der Waals surface area contributed by atoms with E-state index in [9.17, 15) is 8.42 Å². The van der Waals surface area contributed by atoms with Crippen LogP contribution in [0.2, 0.25) is 5.04 Å². The van der Waals surface area contributed by atoms with Crippen LogP contribution in [0, 0.1) is 5.92 Å². The van der Waals surface area contributed by atoms with E-state index in [1.807, 2.05) is 36.4 Å². The van der Waals surface area contributed by atoms with Crippen LogP contribution in [0.25, 0.3) is 0 Å². The molecule has 0 bridgehead atoms. The molecule has 0 heterocycles. The Morgan fingerprint density at radius 2 is 1.48 bits per heavy atom. The van der Waals surface area contributed by atoms with Gasteiger partial charge in [0.25, 0.3) is 8.32 Å².